The Morgan fingerprint density at radius 2 is 1.93 bits per heavy atom. The van der Waals surface area contributed by atoms with Crippen LogP contribution < -0.4 is 10.1 Å². The van der Waals surface area contributed by atoms with Crippen molar-refractivity contribution < 1.29 is 28.2 Å². The van der Waals surface area contributed by atoms with Crippen molar-refractivity contribution in [1.82, 2.24) is 29.5 Å². The van der Waals surface area contributed by atoms with Gasteiger partial charge in [-0.05, 0) is 39.0 Å². The lowest BCUT2D eigenvalue weighted by Crippen LogP contribution is -2.67. The largest absolute Gasteiger partial charge is 0.434 e. The van der Waals surface area contributed by atoms with Gasteiger partial charge in [0.05, 0.1) is 24.0 Å². The van der Waals surface area contributed by atoms with Crippen molar-refractivity contribution in [2.24, 2.45) is 0 Å². The highest BCUT2D eigenvalue weighted by Gasteiger charge is 2.48. The van der Waals surface area contributed by atoms with Crippen LogP contribution in [0.1, 0.15) is 32.9 Å². The number of amides is 2. The van der Waals surface area contributed by atoms with Gasteiger partial charge < -0.3 is 20.1 Å². The molecule has 2 aliphatic heterocycles. The van der Waals surface area contributed by atoms with Crippen molar-refractivity contribution in [3.8, 4) is 11.6 Å². The molecule has 0 bridgehead atoms. The van der Waals surface area contributed by atoms with Crippen LogP contribution in [0.25, 0.3) is 0 Å². The second-order valence-electron chi connectivity index (χ2n) is 10.8. The van der Waals surface area contributed by atoms with Crippen LogP contribution in [0.5, 0.6) is 11.6 Å². The molecule has 0 unspecified atom stereocenters. The molecule has 40 heavy (non-hydrogen) atoms. The van der Waals surface area contributed by atoms with Crippen molar-refractivity contribution in [2.45, 2.75) is 57.3 Å². The van der Waals surface area contributed by atoms with E-state index < -0.39 is 28.8 Å². The Morgan fingerprint density at radius 1 is 1.12 bits per heavy atom. The zero-order valence-corrected chi connectivity index (χ0v) is 22.5. The van der Waals surface area contributed by atoms with E-state index in [1.807, 2.05) is 24.8 Å². The number of benzene rings is 1. The summed E-state index contributed by atoms with van der Waals surface area (Å²) in [4.78, 5) is 38.4. The van der Waals surface area contributed by atoms with Crippen LogP contribution >= 0.6 is 0 Å². The Hall–Kier alpha value is -3.97. The number of aryl methyl sites for hydroxylation is 1. The molecule has 5 rings (SSSR count). The summed E-state index contributed by atoms with van der Waals surface area (Å²) in [5, 5.41) is 18.2. The molecule has 11 nitrogen and oxygen atoms in total. The number of piperazine rings is 1. The van der Waals surface area contributed by atoms with Gasteiger partial charge in [-0.25, -0.2) is 18.7 Å². The van der Waals surface area contributed by atoms with Crippen LogP contribution in [0.3, 0.4) is 0 Å². The molecule has 3 aromatic rings. The molecule has 2 N–H and O–H groups in total. The molecule has 2 atom stereocenters. The number of fused-ring (bicyclic) bond motifs is 1. The standard InChI is InChI=1S/C27H31F2N7O4/c1-17(24(37)33-22-14-31-23(15-30-22)40-21-5-4-18(28)12-20(21)29)34-10-11-35(26(2,3)16-34)25(38)27(39)7-9-36-19(13-27)6-8-32-36/h4-6,8,12,14-15,17,39H,7,9-11,13,16H2,1-3H3,(H,30,33,37)/t17-,27+/m1/s1. The number of hydrogen-bond donors (Lipinski definition) is 2. The van der Waals surface area contributed by atoms with Gasteiger partial charge in [0.1, 0.15) is 5.82 Å². The summed E-state index contributed by atoms with van der Waals surface area (Å²) < 4.78 is 34.0. The fourth-order valence-corrected chi connectivity index (χ4v) is 5.22. The number of anilines is 1. The van der Waals surface area contributed by atoms with Gasteiger partial charge in [0, 0.05) is 57.0 Å². The van der Waals surface area contributed by atoms with Gasteiger partial charge in [-0.2, -0.15) is 5.10 Å². The number of nitrogens with zero attached hydrogens (tertiary/aromatic N) is 6. The molecular weight excluding hydrogens is 524 g/mol. The Morgan fingerprint density at radius 3 is 2.62 bits per heavy atom. The van der Waals surface area contributed by atoms with E-state index in [1.165, 1.54) is 12.4 Å². The molecule has 13 heteroatoms. The van der Waals surface area contributed by atoms with Crippen LogP contribution in [0.4, 0.5) is 14.6 Å². The van der Waals surface area contributed by atoms with Gasteiger partial charge in [-0.3, -0.25) is 19.2 Å². The minimum Gasteiger partial charge on any atom is -0.434 e. The number of ether oxygens (including phenoxy) is 1. The number of hydrogen-bond acceptors (Lipinski definition) is 8. The molecule has 4 heterocycles. The molecule has 1 saturated heterocycles. The monoisotopic (exact) mass is 555 g/mol. The van der Waals surface area contributed by atoms with Crippen LogP contribution in [0.2, 0.25) is 0 Å². The summed E-state index contributed by atoms with van der Waals surface area (Å²) >= 11 is 0. The first-order valence-corrected chi connectivity index (χ1v) is 13.0. The van der Waals surface area contributed by atoms with Gasteiger partial charge >= 0.3 is 0 Å². The fraction of sp³-hybridized carbons (Fsp3) is 0.444. The quantitative estimate of drug-likeness (QED) is 0.475. The van der Waals surface area contributed by atoms with E-state index in [1.54, 1.807) is 22.7 Å². The summed E-state index contributed by atoms with van der Waals surface area (Å²) in [6.45, 7) is 7.31. The van der Waals surface area contributed by atoms with Crippen LogP contribution in [0.15, 0.2) is 42.9 Å². The molecule has 2 aromatic heterocycles. The van der Waals surface area contributed by atoms with Crippen LogP contribution in [-0.2, 0) is 22.6 Å². The first-order chi connectivity index (χ1) is 18.9. The molecule has 1 fully saturated rings. The Balaban J connectivity index is 1.18. The lowest BCUT2D eigenvalue weighted by atomic mass is 9.86. The van der Waals surface area contributed by atoms with E-state index in [0.29, 0.717) is 38.7 Å². The van der Waals surface area contributed by atoms with Crippen molar-refractivity contribution in [1.29, 1.82) is 0 Å². The number of nitrogens with one attached hydrogen (secondary N) is 1. The maximum atomic E-state index is 13.8. The van der Waals surface area contributed by atoms with Gasteiger partial charge in [0.25, 0.3) is 5.91 Å². The molecule has 212 valence electrons. The number of rotatable bonds is 6. The first kappa shape index (κ1) is 27.6. The minimum atomic E-state index is -1.49. The van der Waals surface area contributed by atoms with Crippen molar-refractivity contribution >= 4 is 17.6 Å². The summed E-state index contributed by atoms with van der Waals surface area (Å²) in [6, 6.07) is 4.17. The molecule has 0 aliphatic carbocycles. The van der Waals surface area contributed by atoms with Gasteiger partial charge in [0.15, 0.2) is 23.0 Å². The predicted octanol–water partition coefficient (Wildman–Crippen LogP) is 2.37. The molecule has 1 aromatic carbocycles. The van der Waals surface area contributed by atoms with Crippen molar-refractivity contribution in [2.75, 3.05) is 25.0 Å². The highest BCUT2D eigenvalue weighted by molar-refractivity contribution is 5.93. The number of carbonyl (C=O) groups excluding carboxylic acids is 2. The SMILES string of the molecule is C[C@H](C(=O)Nc1cnc(Oc2ccc(F)cc2F)cn1)N1CCN(C(=O)[C@]2(O)CCn3nccc3C2)C(C)(C)C1. The molecule has 0 spiro atoms. The molecular formula is C27H31F2N7O4. The third-order valence-corrected chi connectivity index (χ3v) is 7.51. The zero-order valence-electron chi connectivity index (χ0n) is 22.5. The third kappa shape index (κ3) is 5.52. The normalized spacial score (nSPS) is 21.4. The maximum Gasteiger partial charge on any atom is 0.255 e. The number of aromatic nitrogens is 4. The molecule has 2 aliphatic rings. The Bertz CT molecular complexity index is 1410. The minimum absolute atomic E-state index is 0.0248. The fourth-order valence-electron chi connectivity index (χ4n) is 5.22. The highest BCUT2D eigenvalue weighted by Crippen LogP contribution is 2.31. The summed E-state index contributed by atoms with van der Waals surface area (Å²) in [7, 11) is 0. The van der Waals surface area contributed by atoms with E-state index in [9.17, 15) is 23.5 Å². The molecule has 0 saturated carbocycles. The highest BCUT2D eigenvalue weighted by atomic mass is 19.1. The van der Waals surface area contributed by atoms with Gasteiger partial charge in [-0.1, -0.05) is 0 Å². The topological polar surface area (TPSA) is 126 Å². The average molecular weight is 556 g/mol. The predicted molar refractivity (Wildman–Crippen MR) is 139 cm³/mol. The lowest BCUT2D eigenvalue weighted by molar-refractivity contribution is -0.164. The van der Waals surface area contributed by atoms with Crippen LogP contribution in [-0.4, -0.2) is 83.3 Å². The van der Waals surface area contributed by atoms with Gasteiger partial charge in [-0.15, -0.1) is 0 Å². The molecule has 2 amide bonds. The zero-order chi connectivity index (χ0) is 28.7. The number of carbonyl (C=O) groups is 2. The Labute approximate surface area is 229 Å². The maximum absolute atomic E-state index is 13.8. The van der Waals surface area contributed by atoms with E-state index >= 15 is 0 Å². The van der Waals surface area contributed by atoms with E-state index in [4.69, 9.17) is 4.74 Å². The van der Waals surface area contributed by atoms with E-state index in [2.05, 4.69) is 20.4 Å². The van der Waals surface area contributed by atoms with E-state index in [0.717, 1.165) is 17.8 Å². The van der Waals surface area contributed by atoms with E-state index in [-0.39, 0.29) is 35.7 Å². The first-order valence-electron chi connectivity index (χ1n) is 13.0. The summed E-state index contributed by atoms with van der Waals surface area (Å²) in [5.41, 5.74) is -1.30. The summed E-state index contributed by atoms with van der Waals surface area (Å²) in [6.07, 6.45) is 4.67. The van der Waals surface area contributed by atoms with Crippen molar-refractivity contribution in [3.05, 3.63) is 60.2 Å². The second-order valence-corrected chi connectivity index (χ2v) is 10.8. The second kappa shape index (κ2) is 10.5. The van der Waals surface area contributed by atoms with Gasteiger partial charge in [0.2, 0.25) is 11.8 Å². The van der Waals surface area contributed by atoms with Crippen molar-refractivity contribution in [3.63, 3.8) is 0 Å². The lowest BCUT2D eigenvalue weighted by Gasteiger charge is -2.50. The average Bonchev–Trinajstić information content (AvgIpc) is 3.37. The summed E-state index contributed by atoms with van der Waals surface area (Å²) in [5.74, 6) is -2.28. The number of halogens is 2. The smallest absolute Gasteiger partial charge is 0.255 e. The number of aliphatic hydroxyl groups is 1. The third-order valence-electron chi connectivity index (χ3n) is 7.51. The molecule has 0 radical (unpaired) electrons. The van der Waals surface area contributed by atoms with Crippen LogP contribution in [0, 0.1) is 11.6 Å². The Kier molecular flexibility index (Phi) is 7.27.